The summed E-state index contributed by atoms with van der Waals surface area (Å²) in [6.07, 6.45) is 0.752. The van der Waals surface area contributed by atoms with E-state index in [1.165, 1.54) is 0 Å². The fourth-order valence-electron chi connectivity index (χ4n) is 1.80. The van der Waals surface area contributed by atoms with Gasteiger partial charge in [-0.1, -0.05) is 12.1 Å². The van der Waals surface area contributed by atoms with Crippen LogP contribution in [-0.4, -0.2) is 42.2 Å². The molecule has 0 aromatic heterocycles. The minimum atomic E-state index is 0.0232. The number of hydrogen-bond acceptors (Lipinski definition) is 3. The third kappa shape index (κ3) is 2.33. The second kappa shape index (κ2) is 4.53. The molecule has 4 heteroatoms. The number of aromatic hydroxyl groups is 1. The summed E-state index contributed by atoms with van der Waals surface area (Å²) < 4.78 is 5.22. The molecule has 1 aromatic rings. The lowest BCUT2D eigenvalue weighted by Gasteiger charge is -2.32. The van der Waals surface area contributed by atoms with Crippen LogP contribution < -0.4 is 0 Å². The van der Waals surface area contributed by atoms with E-state index in [2.05, 4.69) is 0 Å². The average molecular weight is 221 g/mol. The minimum absolute atomic E-state index is 0.0232. The normalized spacial score (nSPS) is 21.2. The number of amides is 1. The molecule has 86 valence electrons. The molecule has 0 bridgehead atoms. The van der Waals surface area contributed by atoms with E-state index in [4.69, 9.17) is 9.84 Å². The van der Waals surface area contributed by atoms with Gasteiger partial charge >= 0.3 is 0 Å². The molecule has 1 amide bonds. The fraction of sp³-hybridized carbons (Fsp3) is 0.417. The van der Waals surface area contributed by atoms with Gasteiger partial charge in [-0.15, -0.1) is 0 Å². The molecule has 0 radical (unpaired) electrons. The SMILES string of the molecule is CN1C(=O)COCC1Cc1ccc(O)cc1. The first-order valence-corrected chi connectivity index (χ1v) is 5.28. The van der Waals surface area contributed by atoms with Crippen LogP contribution in [0.3, 0.4) is 0 Å². The minimum Gasteiger partial charge on any atom is -0.508 e. The molecule has 2 rings (SSSR count). The van der Waals surface area contributed by atoms with Crippen LogP contribution in [0.2, 0.25) is 0 Å². The van der Waals surface area contributed by atoms with Gasteiger partial charge in [-0.05, 0) is 24.1 Å². The van der Waals surface area contributed by atoms with Crippen LogP contribution in [0.15, 0.2) is 24.3 Å². The number of rotatable bonds is 2. The topological polar surface area (TPSA) is 49.8 Å². The zero-order valence-corrected chi connectivity index (χ0v) is 9.22. The molecule has 1 aliphatic heterocycles. The van der Waals surface area contributed by atoms with Crippen molar-refractivity contribution in [1.29, 1.82) is 0 Å². The maximum absolute atomic E-state index is 11.4. The van der Waals surface area contributed by atoms with Crippen molar-refractivity contribution < 1.29 is 14.6 Å². The molecule has 4 nitrogen and oxygen atoms in total. The lowest BCUT2D eigenvalue weighted by Crippen LogP contribution is -2.47. The van der Waals surface area contributed by atoms with Gasteiger partial charge in [0.1, 0.15) is 12.4 Å². The molecule has 1 N–H and O–H groups in total. The van der Waals surface area contributed by atoms with Gasteiger partial charge in [0, 0.05) is 7.05 Å². The Kier molecular flexibility index (Phi) is 3.10. The summed E-state index contributed by atoms with van der Waals surface area (Å²) in [7, 11) is 1.80. The number of morpholine rings is 1. The molecular weight excluding hydrogens is 206 g/mol. The van der Waals surface area contributed by atoms with E-state index >= 15 is 0 Å². The molecule has 1 fully saturated rings. The fourth-order valence-corrected chi connectivity index (χ4v) is 1.80. The number of nitrogens with zero attached hydrogens (tertiary/aromatic N) is 1. The molecule has 1 heterocycles. The predicted molar refractivity (Wildman–Crippen MR) is 59.2 cm³/mol. The average Bonchev–Trinajstić information content (AvgIpc) is 2.28. The van der Waals surface area contributed by atoms with Crippen molar-refractivity contribution in [2.75, 3.05) is 20.3 Å². The standard InChI is InChI=1S/C12H15NO3/c1-13-10(7-16-8-12(13)15)6-9-2-4-11(14)5-3-9/h2-5,10,14H,6-8H2,1H3. The Morgan fingerprint density at radius 1 is 1.44 bits per heavy atom. The molecule has 1 saturated heterocycles. The van der Waals surface area contributed by atoms with Crippen molar-refractivity contribution in [3.8, 4) is 5.75 Å². The van der Waals surface area contributed by atoms with Gasteiger partial charge in [-0.2, -0.15) is 0 Å². The van der Waals surface area contributed by atoms with Crippen molar-refractivity contribution in [3.63, 3.8) is 0 Å². The molecule has 0 saturated carbocycles. The molecule has 1 aliphatic rings. The highest BCUT2D eigenvalue weighted by Gasteiger charge is 2.25. The second-order valence-electron chi connectivity index (χ2n) is 4.04. The Bertz CT molecular complexity index is 374. The third-order valence-electron chi connectivity index (χ3n) is 2.88. The Hall–Kier alpha value is -1.55. The first kappa shape index (κ1) is 11.0. The lowest BCUT2D eigenvalue weighted by molar-refractivity contribution is -0.145. The van der Waals surface area contributed by atoms with Crippen molar-refractivity contribution in [1.82, 2.24) is 4.90 Å². The smallest absolute Gasteiger partial charge is 0.248 e. The van der Waals surface area contributed by atoms with Gasteiger partial charge in [0.2, 0.25) is 5.91 Å². The van der Waals surface area contributed by atoms with E-state index in [-0.39, 0.29) is 24.3 Å². The largest absolute Gasteiger partial charge is 0.508 e. The summed E-state index contributed by atoms with van der Waals surface area (Å²) >= 11 is 0. The third-order valence-corrected chi connectivity index (χ3v) is 2.88. The second-order valence-corrected chi connectivity index (χ2v) is 4.04. The monoisotopic (exact) mass is 221 g/mol. The Labute approximate surface area is 94.4 Å². The van der Waals surface area contributed by atoms with Crippen LogP contribution >= 0.6 is 0 Å². The van der Waals surface area contributed by atoms with Gasteiger partial charge in [-0.3, -0.25) is 4.79 Å². The number of ether oxygens (including phenoxy) is 1. The Balaban J connectivity index is 2.03. The van der Waals surface area contributed by atoms with Gasteiger partial charge in [0.15, 0.2) is 0 Å². The van der Waals surface area contributed by atoms with Gasteiger partial charge in [-0.25, -0.2) is 0 Å². The van der Waals surface area contributed by atoms with Crippen LogP contribution in [0.25, 0.3) is 0 Å². The zero-order chi connectivity index (χ0) is 11.5. The van der Waals surface area contributed by atoms with Crippen molar-refractivity contribution in [2.24, 2.45) is 0 Å². The zero-order valence-electron chi connectivity index (χ0n) is 9.22. The molecular formula is C12H15NO3. The van der Waals surface area contributed by atoms with Gasteiger partial charge < -0.3 is 14.7 Å². The first-order valence-electron chi connectivity index (χ1n) is 5.28. The molecule has 1 unspecified atom stereocenters. The summed E-state index contributed by atoms with van der Waals surface area (Å²) in [6.45, 7) is 0.756. The summed E-state index contributed by atoms with van der Waals surface area (Å²) in [5, 5.41) is 9.17. The van der Waals surface area contributed by atoms with E-state index < -0.39 is 0 Å². The predicted octanol–water partition coefficient (Wildman–Crippen LogP) is 0.792. The van der Waals surface area contributed by atoms with Crippen molar-refractivity contribution >= 4 is 5.91 Å². The maximum atomic E-state index is 11.4. The summed E-state index contributed by atoms with van der Waals surface area (Å²) in [4.78, 5) is 13.1. The highest BCUT2D eigenvalue weighted by atomic mass is 16.5. The molecule has 0 spiro atoms. The maximum Gasteiger partial charge on any atom is 0.248 e. The van der Waals surface area contributed by atoms with Gasteiger partial charge in [0.25, 0.3) is 0 Å². The number of phenols is 1. The molecule has 16 heavy (non-hydrogen) atoms. The number of likely N-dealkylation sites (N-methyl/N-ethyl adjacent to an activating group) is 1. The first-order chi connectivity index (χ1) is 7.66. The Morgan fingerprint density at radius 3 is 2.81 bits per heavy atom. The van der Waals surface area contributed by atoms with Crippen molar-refractivity contribution in [2.45, 2.75) is 12.5 Å². The Morgan fingerprint density at radius 2 is 2.12 bits per heavy atom. The lowest BCUT2D eigenvalue weighted by atomic mass is 10.0. The van der Waals surface area contributed by atoms with E-state index in [1.54, 1.807) is 24.1 Å². The molecule has 1 aromatic carbocycles. The number of carbonyl (C=O) groups is 1. The highest BCUT2D eigenvalue weighted by molar-refractivity contribution is 5.78. The van der Waals surface area contributed by atoms with Crippen molar-refractivity contribution in [3.05, 3.63) is 29.8 Å². The van der Waals surface area contributed by atoms with Gasteiger partial charge in [0.05, 0.1) is 12.6 Å². The summed E-state index contributed by atoms with van der Waals surface area (Å²) in [6, 6.07) is 7.12. The number of hydrogen-bond donors (Lipinski definition) is 1. The highest BCUT2D eigenvalue weighted by Crippen LogP contribution is 2.15. The van der Waals surface area contributed by atoms with E-state index in [1.807, 2.05) is 12.1 Å². The number of carbonyl (C=O) groups excluding carboxylic acids is 1. The molecule has 0 aliphatic carbocycles. The van der Waals surface area contributed by atoms with Crippen LogP contribution in [0, 0.1) is 0 Å². The van der Waals surface area contributed by atoms with E-state index in [0.717, 1.165) is 12.0 Å². The molecule has 1 atom stereocenters. The van der Waals surface area contributed by atoms with Crippen LogP contribution in [-0.2, 0) is 16.0 Å². The van der Waals surface area contributed by atoms with Crippen LogP contribution in [0.1, 0.15) is 5.56 Å². The quantitative estimate of drug-likeness (QED) is 0.803. The van der Waals surface area contributed by atoms with E-state index in [0.29, 0.717) is 6.61 Å². The summed E-state index contributed by atoms with van der Waals surface area (Å²) in [5.41, 5.74) is 1.09. The van der Waals surface area contributed by atoms with E-state index in [9.17, 15) is 4.79 Å². The van der Waals surface area contributed by atoms with Crippen LogP contribution in [0.4, 0.5) is 0 Å². The summed E-state index contributed by atoms with van der Waals surface area (Å²) in [5.74, 6) is 0.281. The van der Waals surface area contributed by atoms with Crippen LogP contribution in [0.5, 0.6) is 5.75 Å². The number of benzene rings is 1. The number of phenolic OH excluding ortho intramolecular Hbond substituents is 1.